The zero-order chi connectivity index (χ0) is 15.4. The molecule has 110 valence electrons. The molecule has 3 rings (SSSR count). The molecule has 3 aromatic rings. The summed E-state index contributed by atoms with van der Waals surface area (Å²) in [4.78, 5) is 24.5. The SMILES string of the molecule is O=C(Nc1ccc(C(=O)Nc2ccccc2)s1)c1ccco1. The van der Waals surface area contributed by atoms with Gasteiger partial charge in [-0.3, -0.25) is 9.59 Å². The van der Waals surface area contributed by atoms with Gasteiger partial charge in [-0.2, -0.15) is 0 Å². The van der Waals surface area contributed by atoms with Crippen LogP contribution in [0.25, 0.3) is 0 Å². The molecule has 0 radical (unpaired) electrons. The van der Waals surface area contributed by atoms with E-state index in [1.165, 1.54) is 17.6 Å². The first-order chi connectivity index (χ1) is 10.7. The molecule has 0 bridgehead atoms. The maximum Gasteiger partial charge on any atom is 0.291 e. The quantitative estimate of drug-likeness (QED) is 0.768. The van der Waals surface area contributed by atoms with Gasteiger partial charge in [-0.15, -0.1) is 11.3 Å². The summed E-state index contributed by atoms with van der Waals surface area (Å²) in [6, 6.07) is 15.8. The van der Waals surface area contributed by atoms with Gasteiger partial charge in [-0.05, 0) is 36.4 Å². The Morgan fingerprint density at radius 3 is 2.41 bits per heavy atom. The topological polar surface area (TPSA) is 71.3 Å². The van der Waals surface area contributed by atoms with Crippen LogP contribution in [-0.4, -0.2) is 11.8 Å². The second kappa shape index (κ2) is 6.28. The van der Waals surface area contributed by atoms with Crippen molar-refractivity contribution in [1.29, 1.82) is 0 Å². The Morgan fingerprint density at radius 1 is 0.864 bits per heavy atom. The zero-order valence-electron chi connectivity index (χ0n) is 11.4. The number of hydrogen-bond donors (Lipinski definition) is 2. The molecular weight excluding hydrogens is 300 g/mol. The van der Waals surface area contributed by atoms with Gasteiger partial charge >= 0.3 is 0 Å². The number of nitrogens with one attached hydrogen (secondary N) is 2. The van der Waals surface area contributed by atoms with Crippen LogP contribution in [0.5, 0.6) is 0 Å². The molecule has 0 spiro atoms. The summed E-state index contributed by atoms with van der Waals surface area (Å²) in [6.07, 6.45) is 1.43. The van der Waals surface area contributed by atoms with Crippen molar-refractivity contribution < 1.29 is 14.0 Å². The lowest BCUT2D eigenvalue weighted by atomic mass is 10.3. The zero-order valence-corrected chi connectivity index (χ0v) is 12.2. The predicted octanol–water partition coefficient (Wildman–Crippen LogP) is 3.85. The Morgan fingerprint density at radius 2 is 1.68 bits per heavy atom. The maximum atomic E-state index is 12.1. The van der Waals surface area contributed by atoms with Crippen LogP contribution in [0.4, 0.5) is 10.7 Å². The minimum atomic E-state index is -0.345. The first-order valence-corrected chi connectivity index (χ1v) is 7.35. The van der Waals surface area contributed by atoms with E-state index >= 15 is 0 Å². The van der Waals surface area contributed by atoms with E-state index in [2.05, 4.69) is 10.6 Å². The Hall–Kier alpha value is -2.86. The van der Waals surface area contributed by atoms with E-state index in [4.69, 9.17) is 4.42 Å². The third kappa shape index (κ3) is 3.24. The highest BCUT2D eigenvalue weighted by molar-refractivity contribution is 7.18. The summed E-state index contributed by atoms with van der Waals surface area (Å²) in [5, 5.41) is 6.06. The van der Waals surface area contributed by atoms with Crippen molar-refractivity contribution in [1.82, 2.24) is 0 Å². The molecule has 0 aliphatic rings. The van der Waals surface area contributed by atoms with E-state index in [1.54, 1.807) is 24.3 Å². The Bertz CT molecular complexity index is 779. The van der Waals surface area contributed by atoms with E-state index in [0.29, 0.717) is 9.88 Å². The number of rotatable bonds is 4. The lowest BCUT2D eigenvalue weighted by Gasteiger charge is -2.02. The Balaban J connectivity index is 1.66. The first-order valence-electron chi connectivity index (χ1n) is 6.53. The number of carbonyl (C=O) groups excluding carboxylic acids is 2. The van der Waals surface area contributed by atoms with E-state index in [0.717, 1.165) is 5.69 Å². The van der Waals surface area contributed by atoms with E-state index < -0.39 is 0 Å². The molecule has 2 aromatic heterocycles. The first kappa shape index (κ1) is 14.1. The van der Waals surface area contributed by atoms with Crippen molar-refractivity contribution in [2.24, 2.45) is 0 Å². The second-order valence-electron chi connectivity index (χ2n) is 4.42. The Kier molecular flexibility index (Phi) is 4.02. The lowest BCUT2D eigenvalue weighted by molar-refractivity contribution is 0.0995. The van der Waals surface area contributed by atoms with Gasteiger partial charge in [0.2, 0.25) is 0 Å². The van der Waals surface area contributed by atoms with E-state index in [1.807, 2.05) is 30.3 Å². The van der Waals surface area contributed by atoms with Crippen LogP contribution in [-0.2, 0) is 0 Å². The predicted molar refractivity (Wildman–Crippen MR) is 85.4 cm³/mol. The molecule has 0 aliphatic carbocycles. The summed E-state index contributed by atoms with van der Waals surface area (Å²) in [5.41, 5.74) is 0.724. The minimum Gasteiger partial charge on any atom is -0.459 e. The number of hydrogen-bond acceptors (Lipinski definition) is 4. The molecule has 6 heteroatoms. The van der Waals surface area contributed by atoms with Gasteiger partial charge in [0.1, 0.15) is 0 Å². The third-order valence-corrected chi connectivity index (χ3v) is 3.84. The van der Waals surface area contributed by atoms with Gasteiger partial charge in [0.15, 0.2) is 5.76 Å². The summed E-state index contributed by atoms with van der Waals surface area (Å²) in [7, 11) is 0. The van der Waals surface area contributed by atoms with Gasteiger partial charge in [0.25, 0.3) is 11.8 Å². The average molecular weight is 312 g/mol. The van der Waals surface area contributed by atoms with Crippen LogP contribution >= 0.6 is 11.3 Å². The number of amides is 2. The highest BCUT2D eigenvalue weighted by Gasteiger charge is 2.13. The molecule has 2 heterocycles. The summed E-state index contributed by atoms with van der Waals surface area (Å²) >= 11 is 1.20. The fraction of sp³-hybridized carbons (Fsp3) is 0. The molecular formula is C16H12N2O3S. The highest BCUT2D eigenvalue weighted by Crippen LogP contribution is 2.23. The average Bonchev–Trinajstić information content (AvgIpc) is 3.19. The normalized spacial score (nSPS) is 10.2. The van der Waals surface area contributed by atoms with Crippen LogP contribution in [0.2, 0.25) is 0 Å². The largest absolute Gasteiger partial charge is 0.459 e. The molecule has 2 amide bonds. The highest BCUT2D eigenvalue weighted by atomic mass is 32.1. The van der Waals surface area contributed by atoms with Gasteiger partial charge in [-0.25, -0.2) is 0 Å². The van der Waals surface area contributed by atoms with Crippen LogP contribution < -0.4 is 10.6 Å². The van der Waals surface area contributed by atoms with Crippen molar-refractivity contribution in [2.45, 2.75) is 0 Å². The van der Waals surface area contributed by atoms with Gasteiger partial charge < -0.3 is 15.1 Å². The van der Waals surface area contributed by atoms with Crippen LogP contribution in [0.1, 0.15) is 20.2 Å². The van der Waals surface area contributed by atoms with Crippen LogP contribution in [0, 0.1) is 0 Å². The summed E-state index contributed by atoms with van der Waals surface area (Å²) in [5.74, 6) is -0.333. The minimum absolute atomic E-state index is 0.213. The number of para-hydroxylation sites is 1. The molecule has 0 fully saturated rings. The number of carbonyl (C=O) groups is 2. The lowest BCUT2D eigenvalue weighted by Crippen LogP contribution is -2.10. The number of benzene rings is 1. The van der Waals surface area contributed by atoms with Crippen molar-refractivity contribution in [3.63, 3.8) is 0 Å². The number of furan rings is 1. The Labute approximate surface area is 130 Å². The van der Waals surface area contributed by atoms with E-state index in [9.17, 15) is 9.59 Å². The summed E-state index contributed by atoms with van der Waals surface area (Å²) < 4.78 is 5.01. The summed E-state index contributed by atoms with van der Waals surface area (Å²) in [6.45, 7) is 0. The molecule has 0 saturated carbocycles. The molecule has 22 heavy (non-hydrogen) atoms. The van der Waals surface area contributed by atoms with Crippen LogP contribution in [0.3, 0.4) is 0 Å². The fourth-order valence-electron chi connectivity index (χ4n) is 1.82. The molecule has 0 unspecified atom stereocenters. The smallest absolute Gasteiger partial charge is 0.291 e. The third-order valence-electron chi connectivity index (χ3n) is 2.84. The van der Waals surface area contributed by atoms with Crippen LogP contribution in [0.15, 0.2) is 65.3 Å². The molecule has 0 saturated heterocycles. The van der Waals surface area contributed by atoms with Gasteiger partial charge in [-0.1, -0.05) is 18.2 Å². The molecule has 1 aromatic carbocycles. The monoisotopic (exact) mass is 312 g/mol. The molecule has 0 aliphatic heterocycles. The number of anilines is 2. The van der Waals surface area contributed by atoms with Crippen molar-refractivity contribution in [3.05, 3.63) is 71.5 Å². The van der Waals surface area contributed by atoms with Crippen molar-refractivity contribution in [3.8, 4) is 0 Å². The molecule has 0 atom stereocenters. The molecule has 5 nitrogen and oxygen atoms in total. The number of thiophene rings is 1. The second-order valence-corrected chi connectivity index (χ2v) is 5.50. The fourth-order valence-corrected chi connectivity index (χ4v) is 2.62. The molecule has 2 N–H and O–H groups in total. The van der Waals surface area contributed by atoms with Crippen molar-refractivity contribution >= 4 is 33.8 Å². The van der Waals surface area contributed by atoms with Crippen molar-refractivity contribution in [2.75, 3.05) is 10.6 Å². The maximum absolute atomic E-state index is 12.1. The van der Waals surface area contributed by atoms with E-state index in [-0.39, 0.29) is 17.6 Å². The standard InChI is InChI=1S/C16H12N2O3S/c19-15(12-7-4-10-21-12)18-14-9-8-13(22-14)16(20)17-11-5-2-1-3-6-11/h1-10H,(H,17,20)(H,18,19). The van der Waals surface area contributed by atoms with Gasteiger partial charge in [0.05, 0.1) is 16.1 Å². The van der Waals surface area contributed by atoms with Gasteiger partial charge in [0, 0.05) is 5.69 Å².